The maximum absolute atomic E-state index is 13.1. The Hall–Kier alpha value is -4.06. The predicted molar refractivity (Wildman–Crippen MR) is 117 cm³/mol. The van der Waals surface area contributed by atoms with Gasteiger partial charge in [-0.25, -0.2) is 0 Å². The molecule has 0 aliphatic carbocycles. The second-order valence-corrected chi connectivity index (χ2v) is 7.30. The Morgan fingerprint density at radius 2 is 1.71 bits per heavy atom. The molecule has 1 unspecified atom stereocenters. The van der Waals surface area contributed by atoms with Gasteiger partial charge in [-0.05, 0) is 54.4 Å². The number of benzene rings is 3. The number of carbonyl (C=O) groups is 2. The number of aliphatic hydroxyl groups excluding tert-OH is 1. The number of aromatic hydroxyl groups is 1. The van der Waals surface area contributed by atoms with Crippen LogP contribution in [0.2, 0.25) is 0 Å². The predicted octanol–water partition coefficient (Wildman–Crippen LogP) is 4.34. The van der Waals surface area contributed by atoms with E-state index < -0.39 is 17.7 Å². The fourth-order valence-corrected chi connectivity index (χ4v) is 3.87. The van der Waals surface area contributed by atoms with Gasteiger partial charge in [0.2, 0.25) is 0 Å². The van der Waals surface area contributed by atoms with Gasteiger partial charge >= 0.3 is 0 Å². The third kappa shape index (κ3) is 3.53. The van der Waals surface area contributed by atoms with Gasteiger partial charge in [0, 0.05) is 5.69 Å². The maximum atomic E-state index is 13.1. The van der Waals surface area contributed by atoms with Crippen LogP contribution in [0.5, 0.6) is 11.5 Å². The zero-order valence-corrected chi connectivity index (χ0v) is 17.1. The lowest BCUT2D eigenvalue weighted by Crippen LogP contribution is -2.29. The molecule has 6 heteroatoms. The number of aliphatic hydroxyl groups is 1. The molecule has 0 spiro atoms. The van der Waals surface area contributed by atoms with Crippen LogP contribution in [0.25, 0.3) is 5.76 Å². The molecule has 0 bridgehead atoms. The molecule has 1 saturated heterocycles. The minimum absolute atomic E-state index is 0.00961. The van der Waals surface area contributed by atoms with E-state index >= 15 is 0 Å². The summed E-state index contributed by atoms with van der Waals surface area (Å²) in [7, 11) is 1.46. The summed E-state index contributed by atoms with van der Waals surface area (Å²) in [5.74, 6) is -1.53. The monoisotopic (exact) mass is 415 g/mol. The Kier molecular flexibility index (Phi) is 5.21. The Bertz CT molecular complexity index is 1210. The lowest BCUT2D eigenvalue weighted by Gasteiger charge is -2.26. The number of hydrogen-bond acceptors (Lipinski definition) is 5. The fraction of sp³-hybridized carbons (Fsp3) is 0.120. The third-order valence-electron chi connectivity index (χ3n) is 5.27. The average Bonchev–Trinajstić information content (AvgIpc) is 3.04. The second-order valence-electron chi connectivity index (χ2n) is 7.30. The van der Waals surface area contributed by atoms with Crippen LogP contribution in [0.3, 0.4) is 0 Å². The Morgan fingerprint density at radius 1 is 0.968 bits per heavy atom. The van der Waals surface area contributed by atoms with E-state index in [-0.39, 0.29) is 17.1 Å². The first-order valence-electron chi connectivity index (χ1n) is 9.72. The summed E-state index contributed by atoms with van der Waals surface area (Å²) in [6.07, 6.45) is 0. The van der Waals surface area contributed by atoms with Gasteiger partial charge < -0.3 is 14.9 Å². The number of hydrogen-bond donors (Lipinski definition) is 2. The highest BCUT2D eigenvalue weighted by Gasteiger charge is 2.47. The third-order valence-corrected chi connectivity index (χ3v) is 5.27. The van der Waals surface area contributed by atoms with Crippen LogP contribution >= 0.6 is 0 Å². The molecule has 1 atom stereocenters. The molecule has 0 aromatic heterocycles. The number of para-hydroxylation sites is 1. The van der Waals surface area contributed by atoms with Gasteiger partial charge in [-0.15, -0.1) is 0 Å². The van der Waals surface area contributed by atoms with Crippen LogP contribution < -0.4 is 9.64 Å². The van der Waals surface area contributed by atoms with E-state index in [9.17, 15) is 19.8 Å². The van der Waals surface area contributed by atoms with E-state index in [2.05, 4.69) is 0 Å². The summed E-state index contributed by atoms with van der Waals surface area (Å²) in [5, 5.41) is 21.2. The van der Waals surface area contributed by atoms with Crippen molar-refractivity contribution in [3.8, 4) is 11.5 Å². The van der Waals surface area contributed by atoms with E-state index in [0.29, 0.717) is 22.6 Å². The van der Waals surface area contributed by atoms with E-state index in [1.807, 2.05) is 13.0 Å². The molecule has 6 nitrogen and oxygen atoms in total. The largest absolute Gasteiger partial charge is 0.508 e. The molecule has 1 heterocycles. The van der Waals surface area contributed by atoms with Crippen molar-refractivity contribution in [1.82, 2.24) is 0 Å². The van der Waals surface area contributed by atoms with Crippen molar-refractivity contribution in [2.75, 3.05) is 12.0 Å². The number of rotatable bonds is 4. The minimum atomic E-state index is -0.918. The van der Waals surface area contributed by atoms with E-state index in [0.717, 1.165) is 5.56 Å². The Balaban J connectivity index is 1.99. The molecule has 31 heavy (non-hydrogen) atoms. The van der Waals surface area contributed by atoms with Crippen molar-refractivity contribution < 1.29 is 24.5 Å². The van der Waals surface area contributed by atoms with Gasteiger partial charge in [0.05, 0.1) is 24.3 Å². The standard InChI is InChI=1S/C25H21NO5/c1-15-7-5-9-17(13-15)26-22(16-8-6-10-18(27)14-16)21(24(29)25(26)30)23(28)19-11-3-4-12-20(19)31-2/h3-14,22,27-28H,1-2H3/b23-21+. The molecule has 4 rings (SSSR count). The highest BCUT2D eigenvalue weighted by molar-refractivity contribution is 6.51. The zero-order valence-electron chi connectivity index (χ0n) is 17.1. The number of ether oxygens (including phenoxy) is 1. The normalized spacial score (nSPS) is 17.7. The van der Waals surface area contributed by atoms with Gasteiger partial charge in [-0.1, -0.05) is 36.4 Å². The second kappa shape index (κ2) is 7.99. The van der Waals surface area contributed by atoms with Crippen molar-refractivity contribution in [3.63, 3.8) is 0 Å². The fourth-order valence-electron chi connectivity index (χ4n) is 3.87. The zero-order chi connectivity index (χ0) is 22.1. The molecule has 156 valence electrons. The molecule has 0 saturated carbocycles. The van der Waals surface area contributed by atoms with Gasteiger partial charge in [0.25, 0.3) is 11.7 Å². The van der Waals surface area contributed by atoms with Crippen LogP contribution in [0, 0.1) is 6.92 Å². The average molecular weight is 415 g/mol. The molecule has 2 N–H and O–H groups in total. The van der Waals surface area contributed by atoms with E-state index in [4.69, 9.17) is 4.74 Å². The smallest absolute Gasteiger partial charge is 0.300 e. The van der Waals surface area contributed by atoms with Gasteiger partial charge in [-0.3, -0.25) is 14.5 Å². The van der Waals surface area contributed by atoms with Crippen LogP contribution in [-0.4, -0.2) is 29.0 Å². The Labute approximate surface area is 179 Å². The number of carbonyl (C=O) groups excluding carboxylic acids is 2. The molecule has 1 aliphatic heterocycles. The number of ketones is 1. The topological polar surface area (TPSA) is 87.1 Å². The number of phenolic OH excluding ortho intramolecular Hbond substituents is 1. The lowest BCUT2D eigenvalue weighted by atomic mass is 9.94. The number of amides is 1. The van der Waals surface area contributed by atoms with Gasteiger partial charge in [0.15, 0.2) is 0 Å². The molecular formula is C25H21NO5. The summed E-state index contributed by atoms with van der Waals surface area (Å²) < 4.78 is 5.33. The summed E-state index contributed by atoms with van der Waals surface area (Å²) in [4.78, 5) is 27.6. The van der Waals surface area contributed by atoms with Crippen LogP contribution in [0.15, 0.2) is 78.4 Å². The van der Waals surface area contributed by atoms with E-state index in [1.165, 1.54) is 24.1 Å². The summed E-state index contributed by atoms with van der Waals surface area (Å²) in [5.41, 5.74) is 2.17. The summed E-state index contributed by atoms with van der Waals surface area (Å²) in [6.45, 7) is 1.89. The number of Topliss-reactive ketones (excluding diaryl/α,β-unsaturated/α-hetero) is 1. The van der Waals surface area contributed by atoms with Gasteiger partial charge in [0.1, 0.15) is 17.3 Å². The molecule has 3 aromatic rings. The molecular weight excluding hydrogens is 394 g/mol. The van der Waals surface area contributed by atoms with Crippen LogP contribution in [-0.2, 0) is 9.59 Å². The van der Waals surface area contributed by atoms with Gasteiger partial charge in [-0.2, -0.15) is 0 Å². The lowest BCUT2D eigenvalue weighted by molar-refractivity contribution is -0.132. The van der Waals surface area contributed by atoms with Crippen molar-refractivity contribution in [2.24, 2.45) is 0 Å². The number of methoxy groups -OCH3 is 1. The molecule has 1 amide bonds. The minimum Gasteiger partial charge on any atom is -0.508 e. The highest BCUT2D eigenvalue weighted by Crippen LogP contribution is 2.43. The quantitative estimate of drug-likeness (QED) is 0.376. The SMILES string of the molecule is COc1ccccc1/C(O)=C1\C(=O)C(=O)N(c2cccc(C)c2)C1c1cccc(O)c1. The number of aryl methyl sites for hydroxylation is 1. The van der Waals surface area contributed by atoms with Crippen molar-refractivity contribution >= 4 is 23.1 Å². The maximum Gasteiger partial charge on any atom is 0.300 e. The van der Waals surface area contributed by atoms with Crippen LogP contribution in [0.4, 0.5) is 5.69 Å². The van der Waals surface area contributed by atoms with E-state index in [1.54, 1.807) is 54.6 Å². The molecule has 1 aliphatic rings. The molecule has 1 fully saturated rings. The first-order chi connectivity index (χ1) is 14.9. The summed E-state index contributed by atoms with van der Waals surface area (Å²) in [6, 6.07) is 19.3. The first kappa shape index (κ1) is 20.2. The first-order valence-corrected chi connectivity index (χ1v) is 9.72. The highest BCUT2D eigenvalue weighted by atomic mass is 16.5. The van der Waals surface area contributed by atoms with Crippen LogP contribution in [0.1, 0.15) is 22.7 Å². The molecule has 3 aromatic carbocycles. The molecule has 0 radical (unpaired) electrons. The number of anilines is 1. The Morgan fingerprint density at radius 3 is 2.42 bits per heavy atom. The van der Waals surface area contributed by atoms with Crippen molar-refractivity contribution in [1.29, 1.82) is 0 Å². The summed E-state index contributed by atoms with van der Waals surface area (Å²) >= 11 is 0. The van der Waals surface area contributed by atoms with Crippen molar-refractivity contribution in [3.05, 3.63) is 95.1 Å². The number of nitrogens with zero attached hydrogens (tertiary/aromatic N) is 1. The number of phenols is 1. The van der Waals surface area contributed by atoms with Crippen molar-refractivity contribution in [2.45, 2.75) is 13.0 Å².